The van der Waals surface area contributed by atoms with E-state index in [1.165, 1.54) is 27.9 Å². The van der Waals surface area contributed by atoms with Crippen molar-refractivity contribution in [3.8, 4) is 0 Å². The summed E-state index contributed by atoms with van der Waals surface area (Å²) in [5.74, 6) is -2.74. The molecule has 2 aromatic heterocycles. The molecule has 4 aliphatic rings. The Kier molecular flexibility index (Phi) is 10.4. The summed E-state index contributed by atoms with van der Waals surface area (Å²) in [6, 6.07) is 9.38. The number of imidazole rings is 1. The van der Waals surface area contributed by atoms with Crippen LogP contribution in [-0.4, -0.2) is 138 Å². The summed E-state index contributed by atoms with van der Waals surface area (Å²) in [5, 5.41) is 10.4. The van der Waals surface area contributed by atoms with Crippen LogP contribution in [0.5, 0.6) is 0 Å². The zero-order chi connectivity index (χ0) is 39.7. The van der Waals surface area contributed by atoms with Crippen LogP contribution in [0, 0.1) is 0 Å². The number of aliphatic hydroxyl groups is 1. The zero-order valence-corrected chi connectivity index (χ0v) is 33.1. The molecule has 9 unspecified atom stereocenters. The Labute approximate surface area is 318 Å². The molecule has 0 amide bonds. The summed E-state index contributed by atoms with van der Waals surface area (Å²) in [4.78, 5) is 29.2. The van der Waals surface area contributed by atoms with Crippen molar-refractivity contribution in [3.63, 3.8) is 0 Å². The number of hydrogen-bond acceptors (Lipinski definition) is 15. The molecule has 1 aromatic carbocycles. The van der Waals surface area contributed by atoms with E-state index in [-0.39, 0.29) is 23.7 Å². The molecule has 18 nitrogen and oxygen atoms in total. The minimum Gasteiger partial charge on any atom is -0.388 e. The minimum atomic E-state index is -4.40. The van der Waals surface area contributed by atoms with E-state index >= 15 is 0 Å². The molecule has 7 rings (SSSR count). The Bertz CT molecular complexity index is 2260. The lowest BCUT2D eigenvalue weighted by atomic mass is 9.96. The molecule has 1 N–H and O–H groups in total. The summed E-state index contributed by atoms with van der Waals surface area (Å²) in [5.41, 5.74) is 0.633. The van der Waals surface area contributed by atoms with Crippen molar-refractivity contribution in [2.75, 3.05) is 24.9 Å². The minimum absolute atomic E-state index is 0.0533. The van der Waals surface area contributed by atoms with Crippen LogP contribution in [0.4, 0.5) is 5.95 Å². The van der Waals surface area contributed by atoms with Crippen LogP contribution in [0.3, 0.4) is 0 Å². The smallest absolute Gasteiger partial charge is 0.283 e. The number of fused-ring (bicyclic) bond motifs is 3. The van der Waals surface area contributed by atoms with Crippen molar-refractivity contribution >= 4 is 43.1 Å². The third-order valence-corrected chi connectivity index (χ3v) is 13.7. The first kappa shape index (κ1) is 39.6. The van der Waals surface area contributed by atoms with Gasteiger partial charge in [-0.1, -0.05) is 30.3 Å². The molecule has 3 aromatic rings. The van der Waals surface area contributed by atoms with Gasteiger partial charge in [-0.05, 0) is 46.3 Å². The number of sulfone groups is 2. The van der Waals surface area contributed by atoms with Gasteiger partial charge in [0, 0.05) is 19.5 Å². The van der Waals surface area contributed by atoms with E-state index in [1.54, 1.807) is 53.6 Å². The van der Waals surface area contributed by atoms with Gasteiger partial charge in [-0.3, -0.25) is 13.9 Å². The lowest BCUT2D eigenvalue weighted by molar-refractivity contribution is -0.191. The van der Waals surface area contributed by atoms with Crippen LogP contribution in [0.1, 0.15) is 46.4 Å². The standard InChI is InChI=1S/C35H46N6O12S2/c1-20-26-28(52-34(2,3)50-26)25(42)23(48-20)16-55(46,47)19-54(44,45)14-13-22-27-29(53-35(4,5)51-27)32(49-22)41-18-36-24-30(41)38-33(37-17-39(6)7)40(31(24)43)15-21-11-9-8-10-12-21/h8-14,17-18,20,22-23,25-29,32,42H,15-16,19H2,1-7H3/b14-13+,37-17?. The summed E-state index contributed by atoms with van der Waals surface area (Å²) in [6.07, 6.45) is -4.19. The number of aliphatic hydroxyl groups excluding tert-OH is 1. The fourth-order valence-corrected chi connectivity index (χ4v) is 11.2. The second-order valence-electron chi connectivity index (χ2n) is 15.3. The van der Waals surface area contributed by atoms with Gasteiger partial charge in [0.05, 0.1) is 31.1 Å². The van der Waals surface area contributed by atoms with E-state index in [2.05, 4.69) is 9.98 Å². The lowest BCUT2D eigenvalue weighted by Crippen LogP contribution is -2.57. The fourth-order valence-electron chi connectivity index (χ4n) is 7.35. The van der Waals surface area contributed by atoms with E-state index in [9.17, 15) is 26.7 Å². The second-order valence-corrected chi connectivity index (χ2v) is 19.7. The normalized spacial score (nSPS) is 31.7. The van der Waals surface area contributed by atoms with Crippen LogP contribution in [-0.2, 0) is 54.6 Å². The number of benzene rings is 1. The molecule has 0 bridgehead atoms. The van der Waals surface area contributed by atoms with Crippen molar-refractivity contribution in [1.29, 1.82) is 0 Å². The molecule has 55 heavy (non-hydrogen) atoms. The maximum Gasteiger partial charge on any atom is 0.283 e. The van der Waals surface area contributed by atoms with Gasteiger partial charge < -0.3 is 38.4 Å². The van der Waals surface area contributed by atoms with Gasteiger partial charge in [-0.2, -0.15) is 4.98 Å². The van der Waals surface area contributed by atoms with Crippen molar-refractivity contribution in [1.82, 2.24) is 24.0 Å². The highest BCUT2D eigenvalue weighted by Crippen LogP contribution is 2.44. The first-order valence-electron chi connectivity index (χ1n) is 17.7. The monoisotopic (exact) mass is 806 g/mol. The largest absolute Gasteiger partial charge is 0.388 e. The predicted octanol–water partition coefficient (Wildman–Crippen LogP) is 1.25. The SMILES string of the molecule is CC1OC(CS(=O)(=O)CS(=O)(=O)/C=C/C2OC(n3cnc4c(=O)n(Cc5ccccc5)c(N=CN(C)C)nc43)C3OC(C)(C)OC23)C(O)C2OC(C)(C)OC12. The van der Waals surface area contributed by atoms with Crippen LogP contribution in [0.2, 0.25) is 0 Å². The molecule has 4 fully saturated rings. The van der Waals surface area contributed by atoms with Crippen LogP contribution in [0.15, 0.2) is 57.9 Å². The molecule has 4 aliphatic heterocycles. The van der Waals surface area contributed by atoms with E-state index in [0.717, 1.165) is 11.0 Å². The Morgan fingerprint density at radius 2 is 1.60 bits per heavy atom. The molecule has 20 heteroatoms. The van der Waals surface area contributed by atoms with Crippen LogP contribution in [0.25, 0.3) is 11.2 Å². The Hall–Kier alpha value is -3.60. The first-order chi connectivity index (χ1) is 25.7. The second kappa shape index (κ2) is 14.4. The van der Waals surface area contributed by atoms with E-state index in [4.69, 9.17) is 33.4 Å². The zero-order valence-electron chi connectivity index (χ0n) is 31.5. The molecule has 6 heterocycles. The van der Waals surface area contributed by atoms with Gasteiger partial charge in [0.15, 0.2) is 53.7 Å². The molecule has 9 atom stereocenters. The maximum atomic E-state index is 13.9. The number of nitrogens with zero attached hydrogens (tertiary/aromatic N) is 6. The molecule has 0 aliphatic carbocycles. The molecule has 0 radical (unpaired) electrons. The summed E-state index contributed by atoms with van der Waals surface area (Å²) < 4.78 is 92.0. The summed E-state index contributed by atoms with van der Waals surface area (Å²) >= 11 is 0. The Balaban J connectivity index is 1.12. The maximum absolute atomic E-state index is 13.9. The average Bonchev–Trinajstić information content (AvgIpc) is 3.82. The molecule has 0 spiro atoms. The lowest BCUT2D eigenvalue weighted by Gasteiger charge is -2.38. The highest BCUT2D eigenvalue weighted by atomic mass is 32.3. The number of aromatic nitrogens is 4. The van der Waals surface area contributed by atoms with Gasteiger partial charge in [-0.15, -0.1) is 0 Å². The third kappa shape index (κ3) is 8.28. The Morgan fingerprint density at radius 3 is 2.29 bits per heavy atom. The first-order valence-corrected chi connectivity index (χ1v) is 21.3. The molecular weight excluding hydrogens is 761 g/mol. The van der Waals surface area contributed by atoms with Crippen molar-refractivity contribution in [2.24, 2.45) is 4.99 Å². The van der Waals surface area contributed by atoms with Crippen molar-refractivity contribution < 1.29 is 50.4 Å². The quantitative estimate of drug-likeness (QED) is 0.213. The predicted molar refractivity (Wildman–Crippen MR) is 198 cm³/mol. The van der Waals surface area contributed by atoms with Gasteiger partial charge in [0.25, 0.3) is 5.56 Å². The van der Waals surface area contributed by atoms with E-state index < -0.39 is 103 Å². The van der Waals surface area contributed by atoms with Gasteiger partial charge in [0.1, 0.15) is 42.7 Å². The molecular formula is C35H46N6O12S2. The van der Waals surface area contributed by atoms with Gasteiger partial charge >= 0.3 is 0 Å². The molecule has 300 valence electrons. The highest BCUT2D eigenvalue weighted by molar-refractivity contribution is 8.09. The number of rotatable bonds is 11. The fraction of sp³-hybridized carbons (Fsp3) is 0.600. The molecule has 0 saturated carbocycles. The van der Waals surface area contributed by atoms with Gasteiger partial charge in [0.2, 0.25) is 5.95 Å². The number of ether oxygens (including phenoxy) is 6. The summed E-state index contributed by atoms with van der Waals surface area (Å²) in [6.45, 7) is 8.61. The topological polar surface area (TPSA) is 212 Å². The number of hydrogen-bond donors (Lipinski definition) is 1. The van der Waals surface area contributed by atoms with Crippen LogP contribution >= 0.6 is 0 Å². The van der Waals surface area contributed by atoms with Gasteiger partial charge in [-0.25, -0.2) is 26.8 Å². The highest BCUT2D eigenvalue weighted by Gasteiger charge is 2.56. The Morgan fingerprint density at radius 1 is 0.945 bits per heavy atom. The molecule has 4 saturated heterocycles. The van der Waals surface area contributed by atoms with Crippen molar-refractivity contribution in [3.05, 3.63) is 64.1 Å². The van der Waals surface area contributed by atoms with Crippen LogP contribution < -0.4 is 5.56 Å². The number of aliphatic imine (C=N–C) groups is 1. The third-order valence-electron chi connectivity index (χ3n) is 9.56. The van der Waals surface area contributed by atoms with E-state index in [0.29, 0.717) is 0 Å². The van der Waals surface area contributed by atoms with Crippen molar-refractivity contribution in [2.45, 2.75) is 108 Å². The average molecular weight is 807 g/mol. The van der Waals surface area contributed by atoms with E-state index in [1.807, 2.05) is 30.3 Å². The summed E-state index contributed by atoms with van der Waals surface area (Å²) in [7, 11) is -5.16.